The number of nitrogens with zero attached hydrogens (tertiary/aromatic N) is 1. The first-order valence-corrected chi connectivity index (χ1v) is 7.54. The molecular weight excluding hydrogens is 336 g/mol. The van der Waals surface area contributed by atoms with E-state index in [0.717, 1.165) is 36.9 Å². The highest BCUT2D eigenvalue weighted by Crippen LogP contribution is 2.20. The van der Waals surface area contributed by atoms with E-state index in [9.17, 15) is 4.79 Å². The first-order chi connectivity index (χ1) is 8.15. The van der Waals surface area contributed by atoms with Gasteiger partial charge in [0, 0.05) is 47.3 Å². The molecular formula is C12H18BrClN2OS. The molecule has 1 amide bonds. The second kappa shape index (κ2) is 7.48. The van der Waals surface area contributed by atoms with E-state index < -0.39 is 0 Å². The summed E-state index contributed by atoms with van der Waals surface area (Å²) in [7, 11) is 0. The standard InChI is InChI=1S/C12H17BrN2OS.ClH/c1-9(16)15-4-2-11(3-5-15)14-7-12-6-10(13)8-17-12;/h6,8,11,14H,2-5,7H2,1H3;1H. The molecule has 1 fully saturated rings. The molecule has 1 aliphatic rings. The number of amides is 1. The number of piperidine rings is 1. The molecule has 1 saturated heterocycles. The van der Waals surface area contributed by atoms with Crippen molar-refractivity contribution in [1.82, 2.24) is 10.2 Å². The number of rotatable bonds is 3. The van der Waals surface area contributed by atoms with Gasteiger partial charge in [0.1, 0.15) is 0 Å². The molecule has 0 aromatic carbocycles. The molecule has 102 valence electrons. The van der Waals surface area contributed by atoms with Crippen LogP contribution in [0.4, 0.5) is 0 Å². The van der Waals surface area contributed by atoms with Gasteiger partial charge in [0.05, 0.1) is 0 Å². The first kappa shape index (κ1) is 16.0. The molecule has 0 saturated carbocycles. The highest BCUT2D eigenvalue weighted by molar-refractivity contribution is 9.10. The van der Waals surface area contributed by atoms with Crippen LogP contribution in [-0.2, 0) is 11.3 Å². The van der Waals surface area contributed by atoms with Gasteiger partial charge in [-0.25, -0.2) is 0 Å². The fraction of sp³-hybridized carbons (Fsp3) is 0.583. The van der Waals surface area contributed by atoms with E-state index in [1.807, 2.05) is 4.90 Å². The summed E-state index contributed by atoms with van der Waals surface area (Å²) < 4.78 is 1.16. The average molecular weight is 354 g/mol. The smallest absolute Gasteiger partial charge is 0.219 e. The van der Waals surface area contributed by atoms with Crippen molar-refractivity contribution in [3.05, 3.63) is 20.8 Å². The van der Waals surface area contributed by atoms with Crippen LogP contribution in [0.2, 0.25) is 0 Å². The minimum absolute atomic E-state index is 0. The Labute approximate surface area is 126 Å². The zero-order valence-electron chi connectivity index (χ0n) is 10.3. The summed E-state index contributed by atoms with van der Waals surface area (Å²) in [4.78, 5) is 14.5. The number of halogens is 2. The molecule has 3 nitrogen and oxygen atoms in total. The second-order valence-corrected chi connectivity index (χ2v) is 6.30. The van der Waals surface area contributed by atoms with Crippen LogP contribution in [0.15, 0.2) is 15.9 Å². The van der Waals surface area contributed by atoms with E-state index in [2.05, 4.69) is 32.7 Å². The molecule has 0 bridgehead atoms. The summed E-state index contributed by atoms with van der Waals surface area (Å²) in [6.45, 7) is 4.36. The Kier molecular flexibility index (Phi) is 6.63. The van der Waals surface area contributed by atoms with Crippen LogP contribution in [0, 0.1) is 0 Å². The van der Waals surface area contributed by atoms with Gasteiger partial charge in [-0.3, -0.25) is 4.79 Å². The van der Waals surface area contributed by atoms with Crippen LogP contribution >= 0.6 is 39.7 Å². The topological polar surface area (TPSA) is 32.3 Å². The van der Waals surface area contributed by atoms with Crippen molar-refractivity contribution in [2.75, 3.05) is 13.1 Å². The maximum atomic E-state index is 11.2. The van der Waals surface area contributed by atoms with Gasteiger partial charge in [-0.15, -0.1) is 23.7 Å². The molecule has 0 unspecified atom stereocenters. The van der Waals surface area contributed by atoms with E-state index in [1.165, 1.54) is 4.88 Å². The summed E-state index contributed by atoms with van der Waals surface area (Å²) in [5.74, 6) is 0.200. The third-order valence-corrected chi connectivity index (χ3v) is 4.82. The van der Waals surface area contributed by atoms with Gasteiger partial charge in [0.25, 0.3) is 0 Å². The Balaban J connectivity index is 0.00000162. The van der Waals surface area contributed by atoms with Crippen molar-refractivity contribution < 1.29 is 4.79 Å². The normalized spacial score (nSPS) is 16.4. The van der Waals surface area contributed by atoms with E-state index in [4.69, 9.17) is 0 Å². The zero-order chi connectivity index (χ0) is 12.3. The van der Waals surface area contributed by atoms with E-state index in [0.29, 0.717) is 6.04 Å². The number of hydrogen-bond donors (Lipinski definition) is 1. The Morgan fingerprint density at radius 1 is 1.56 bits per heavy atom. The maximum absolute atomic E-state index is 11.2. The van der Waals surface area contributed by atoms with Crippen molar-refractivity contribution in [2.45, 2.75) is 32.4 Å². The zero-order valence-corrected chi connectivity index (χ0v) is 13.5. The third kappa shape index (κ3) is 4.53. The number of hydrogen-bond acceptors (Lipinski definition) is 3. The highest BCUT2D eigenvalue weighted by atomic mass is 79.9. The van der Waals surface area contributed by atoms with Gasteiger partial charge < -0.3 is 10.2 Å². The summed E-state index contributed by atoms with van der Waals surface area (Å²) >= 11 is 5.23. The Morgan fingerprint density at radius 2 is 2.22 bits per heavy atom. The second-order valence-electron chi connectivity index (χ2n) is 4.39. The molecule has 1 aromatic rings. The fourth-order valence-electron chi connectivity index (χ4n) is 2.09. The van der Waals surface area contributed by atoms with Crippen molar-refractivity contribution in [3.8, 4) is 0 Å². The summed E-state index contributed by atoms with van der Waals surface area (Å²) in [6, 6.07) is 2.70. The Bertz CT molecular complexity index is 391. The molecule has 1 aromatic heterocycles. The number of thiophene rings is 1. The minimum atomic E-state index is 0. The molecule has 18 heavy (non-hydrogen) atoms. The van der Waals surface area contributed by atoms with Crippen LogP contribution in [0.5, 0.6) is 0 Å². The molecule has 0 spiro atoms. The van der Waals surface area contributed by atoms with E-state index in [1.54, 1.807) is 18.3 Å². The molecule has 0 aliphatic carbocycles. The predicted molar refractivity (Wildman–Crippen MR) is 81.4 cm³/mol. The molecule has 6 heteroatoms. The molecule has 1 aliphatic heterocycles. The SMILES string of the molecule is CC(=O)N1CCC(NCc2cc(Br)cs2)CC1.Cl. The number of carbonyl (C=O) groups excluding carboxylic acids is 1. The Morgan fingerprint density at radius 3 is 2.72 bits per heavy atom. The quantitative estimate of drug-likeness (QED) is 0.906. The fourth-order valence-corrected chi connectivity index (χ4v) is 3.49. The summed E-state index contributed by atoms with van der Waals surface area (Å²) in [5, 5.41) is 5.67. The molecule has 0 atom stereocenters. The van der Waals surface area contributed by atoms with Crippen molar-refractivity contribution in [1.29, 1.82) is 0 Å². The van der Waals surface area contributed by atoms with Crippen LogP contribution in [0.1, 0.15) is 24.6 Å². The summed E-state index contributed by atoms with van der Waals surface area (Å²) in [5.41, 5.74) is 0. The number of carbonyl (C=O) groups is 1. The van der Waals surface area contributed by atoms with Gasteiger partial charge >= 0.3 is 0 Å². The van der Waals surface area contributed by atoms with Crippen LogP contribution < -0.4 is 5.32 Å². The lowest BCUT2D eigenvalue weighted by molar-refractivity contribution is -0.129. The average Bonchev–Trinajstić information content (AvgIpc) is 2.73. The van der Waals surface area contributed by atoms with Crippen LogP contribution in [-0.4, -0.2) is 29.9 Å². The lowest BCUT2D eigenvalue weighted by Gasteiger charge is -2.31. The predicted octanol–water partition coefficient (Wildman–Crippen LogP) is 3.03. The van der Waals surface area contributed by atoms with Gasteiger partial charge in [0.2, 0.25) is 5.91 Å². The molecule has 2 rings (SSSR count). The number of nitrogens with one attached hydrogen (secondary N) is 1. The van der Waals surface area contributed by atoms with Crippen molar-refractivity contribution in [2.24, 2.45) is 0 Å². The lowest BCUT2D eigenvalue weighted by Crippen LogP contribution is -2.43. The first-order valence-electron chi connectivity index (χ1n) is 5.87. The van der Waals surface area contributed by atoms with Crippen molar-refractivity contribution in [3.63, 3.8) is 0 Å². The third-order valence-electron chi connectivity index (χ3n) is 3.13. The van der Waals surface area contributed by atoms with Crippen LogP contribution in [0.25, 0.3) is 0 Å². The lowest BCUT2D eigenvalue weighted by atomic mass is 10.1. The number of likely N-dealkylation sites (tertiary alicyclic amines) is 1. The van der Waals surface area contributed by atoms with E-state index >= 15 is 0 Å². The minimum Gasteiger partial charge on any atom is -0.343 e. The maximum Gasteiger partial charge on any atom is 0.219 e. The van der Waals surface area contributed by atoms with E-state index in [-0.39, 0.29) is 18.3 Å². The summed E-state index contributed by atoms with van der Waals surface area (Å²) in [6.07, 6.45) is 2.12. The largest absolute Gasteiger partial charge is 0.343 e. The van der Waals surface area contributed by atoms with Gasteiger partial charge in [0.15, 0.2) is 0 Å². The molecule has 0 radical (unpaired) electrons. The molecule has 1 N–H and O–H groups in total. The monoisotopic (exact) mass is 352 g/mol. The van der Waals surface area contributed by atoms with Crippen molar-refractivity contribution >= 4 is 45.6 Å². The van der Waals surface area contributed by atoms with Gasteiger partial charge in [-0.2, -0.15) is 0 Å². The van der Waals surface area contributed by atoms with Gasteiger partial charge in [-0.1, -0.05) is 0 Å². The molecule has 2 heterocycles. The highest BCUT2D eigenvalue weighted by Gasteiger charge is 2.20. The Hall–Kier alpha value is -0.100. The van der Waals surface area contributed by atoms with Gasteiger partial charge in [-0.05, 0) is 34.8 Å². The van der Waals surface area contributed by atoms with Crippen LogP contribution in [0.3, 0.4) is 0 Å².